The van der Waals surface area contributed by atoms with E-state index in [4.69, 9.17) is 5.11 Å². The molecule has 0 amide bonds. The van der Waals surface area contributed by atoms with E-state index in [1.807, 2.05) is 0 Å². The Bertz CT molecular complexity index is 288. The quantitative estimate of drug-likeness (QED) is 0.762. The first-order valence-electron chi connectivity index (χ1n) is 5.20. The molecule has 1 aromatic rings. The zero-order valence-corrected chi connectivity index (χ0v) is 8.12. The molecule has 0 radical (unpaired) electrons. The van der Waals surface area contributed by atoms with Gasteiger partial charge < -0.3 is 5.11 Å². The summed E-state index contributed by atoms with van der Waals surface area (Å²) in [6, 6.07) is 6.46. The van der Waals surface area contributed by atoms with E-state index in [0.717, 1.165) is 25.7 Å². The van der Waals surface area contributed by atoms with Gasteiger partial charge in [-0.15, -0.1) is 0 Å². The number of phenolic OH excluding ortho intramolecular Hbond substituents is 1. The molecule has 14 heavy (non-hydrogen) atoms. The van der Waals surface area contributed by atoms with Crippen LogP contribution in [0.2, 0.25) is 0 Å². The Balaban J connectivity index is 2.09. The Morgan fingerprint density at radius 3 is 2.29 bits per heavy atom. The van der Waals surface area contributed by atoms with Gasteiger partial charge in [0.2, 0.25) is 0 Å². The minimum Gasteiger partial charge on any atom is -0.508 e. The number of aromatic hydroxyl groups is 1. The molecule has 0 spiro atoms. The maximum Gasteiger partial charge on any atom is 0.128 e. The van der Waals surface area contributed by atoms with E-state index >= 15 is 0 Å². The van der Waals surface area contributed by atoms with Gasteiger partial charge >= 0.3 is 0 Å². The van der Waals surface area contributed by atoms with Crippen molar-refractivity contribution in [2.45, 2.75) is 31.9 Å². The lowest BCUT2D eigenvalue weighted by atomic mass is 9.96. The van der Waals surface area contributed by atoms with Gasteiger partial charge in [0.05, 0.1) is 0 Å². The molecule has 1 atom stereocenters. The number of phenols is 1. The summed E-state index contributed by atoms with van der Waals surface area (Å²) in [6.07, 6.45) is 3.47. The summed E-state index contributed by atoms with van der Waals surface area (Å²) in [4.78, 5) is 0. The lowest BCUT2D eigenvalue weighted by Crippen LogP contribution is -2.03. The molecule has 0 bridgehead atoms. The van der Waals surface area contributed by atoms with E-state index in [2.05, 4.69) is 0 Å². The monoisotopic (exact) mass is 194 g/mol. The van der Waals surface area contributed by atoms with E-state index < -0.39 is 6.17 Å². The first kappa shape index (κ1) is 9.50. The predicted octanol–water partition coefficient (Wildman–Crippen LogP) is 3.59. The average molecular weight is 194 g/mol. The van der Waals surface area contributed by atoms with Crippen LogP contribution in [0.3, 0.4) is 0 Å². The van der Waals surface area contributed by atoms with E-state index in [1.165, 1.54) is 0 Å². The Morgan fingerprint density at radius 2 is 1.71 bits per heavy atom. The zero-order chi connectivity index (χ0) is 9.97. The smallest absolute Gasteiger partial charge is 0.128 e. The van der Waals surface area contributed by atoms with Crippen LogP contribution in [0.15, 0.2) is 24.3 Å². The van der Waals surface area contributed by atoms with Gasteiger partial charge in [0.25, 0.3) is 0 Å². The van der Waals surface area contributed by atoms with Crippen LogP contribution in [0.5, 0.6) is 5.75 Å². The van der Waals surface area contributed by atoms with E-state index in [-0.39, 0.29) is 11.7 Å². The number of benzene rings is 1. The van der Waals surface area contributed by atoms with Crippen LogP contribution in [0.1, 0.15) is 37.4 Å². The van der Waals surface area contributed by atoms with Crippen LogP contribution >= 0.6 is 0 Å². The van der Waals surface area contributed by atoms with Crippen molar-refractivity contribution in [2.75, 3.05) is 0 Å². The fraction of sp³-hybridized carbons (Fsp3) is 0.500. The molecule has 1 aliphatic carbocycles. The van der Waals surface area contributed by atoms with Gasteiger partial charge in [-0.1, -0.05) is 25.0 Å². The number of alkyl halides is 1. The first-order chi connectivity index (χ1) is 6.77. The lowest BCUT2D eigenvalue weighted by molar-refractivity contribution is 0.235. The van der Waals surface area contributed by atoms with Gasteiger partial charge in [0.1, 0.15) is 11.9 Å². The number of hydrogen-bond acceptors (Lipinski definition) is 1. The highest BCUT2D eigenvalue weighted by atomic mass is 19.1. The Labute approximate surface area is 83.6 Å². The van der Waals surface area contributed by atoms with Crippen molar-refractivity contribution in [3.05, 3.63) is 29.8 Å². The van der Waals surface area contributed by atoms with E-state index in [0.29, 0.717) is 5.56 Å². The van der Waals surface area contributed by atoms with Crippen LogP contribution in [-0.4, -0.2) is 5.11 Å². The molecule has 1 nitrogen and oxygen atoms in total. The fourth-order valence-corrected chi connectivity index (χ4v) is 2.18. The second-order valence-electron chi connectivity index (χ2n) is 4.04. The molecule has 0 saturated heterocycles. The van der Waals surface area contributed by atoms with Crippen LogP contribution in [0, 0.1) is 5.92 Å². The van der Waals surface area contributed by atoms with Crippen LogP contribution < -0.4 is 0 Å². The van der Waals surface area contributed by atoms with Crippen molar-refractivity contribution in [1.82, 2.24) is 0 Å². The maximum absolute atomic E-state index is 13.9. The fourth-order valence-electron chi connectivity index (χ4n) is 2.18. The van der Waals surface area contributed by atoms with Gasteiger partial charge in [-0.25, -0.2) is 4.39 Å². The molecular formula is C12H15FO. The first-order valence-corrected chi connectivity index (χ1v) is 5.20. The van der Waals surface area contributed by atoms with Crippen LogP contribution in [-0.2, 0) is 0 Å². The van der Waals surface area contributed by atoms with Gasteiger partial charge in [-0.3, -0.25) is 0 Å². The van der Waals surface area contributed by atoms with Gasteiger partial charge in [0.15, 0.2) is 0 Å². The standard InChI is InChI=1S/C12H15FO/c13-12(9-3-1-2-4-9)10-5-7-11(14)8-6-10/h5-9,12,14H,1-4H2. The molecule has 1 N–H and O–H groups in total. The molecule has 1 saturated carbocycles. The highest BCUT2D eigenvalue weighted by Crippen LogP contribution is 2.38. The highest BCUT2D eigenvalue weighted by Gasteiger charge is 2.25. The highest BCUT2D eigenvalue weighted by molar-refractivity contribution is 5.27. The van der Waals surface area contributed by atoms with Crippen LogP contribution in [0.25, 0.3) is 0 Å². The van der Waals surface area contributed by atoms with Crippen molar-refractivity contribution in [1.29, 1.82) is 0 Å². The van der Waals surface area contributed by atoms with Crippen molar-refractivity contribution >= 4 is 0 Å². The summed E-state index contributed by atoms with van der Waals surface area (Å²) in [5, 5.41) is 9.08. The summed E-state index contributed by atoms with van der Waals surface area (Å²) in [5.74, 6) is 0.395. The predicted molar refractivity (Wildman–Crippen MR) is 53.9 cm³/mol. The zero-order valence-electron chi connectivity index (χ0n) is 8.12. The van der Waals surface area contributed by atoms with Gasteiger partial charge in [-0.2, -0.15) is 0 Å². The SMILES string of the molecule is Oc1ccc(C(F)C2CCCC2)cc1. The van der Waals surface area contributed by atoms with Crippen molar-refractivity contribution in [2.24, 2.45) is 5.92 Å². The Hall–Kier alpha value is -1.05. The third kappa shape index (κ3) is 1.89. The van der Waals surface area contributed by atoms with Gasteiger partial charge in [-0.05, 0) is 36.5 Å². The summed E-state index contributed by atoms with van der Waals surface area (Å²) < 4.78 is 13.9. The molecule has 1 aromatic carbocycles. The summed E-state index contributed by atoms with van der Waals surface area (Å²) in [6.45, 7) is 0. The topological polar surface area (TPSA) is 20.2 Å². The summed E-state index contributed by atoms with van der Waals surface area (Å²) in [5.41, 5.74) is 0.703. The third-order valence-electron chi connectivity index (χ3n) is 3.03. The molecule has 0 heterocycles. The Kier molecular flexibility index (Phi) is 2.71. The van der Waals surface area contributed by atoms with E-state index in [9.17, 15) is 4.39 Å². The number of hydrogen-bond donors (Lipinski definition) is 1. The molecule has 1 unspecified atom stereocenters. The average Bonchev–Trinajstić information content (AvgIpc) is 2.71. The minimum atomic E-state index is -0.849. The molecule has 1 fully saturated rings. The van der Waals surface area contributed by atoms with Crippen LogP contribution in [0.4, 0.5) is 4.39 Å². The maximum atomic E-state index is 13.9. The second-order valence-corrected chi connectivity index (χ2v) is 4.04. The van der Waals surface area contributed by atoms with Gasteiger partial charge in [0, 0.05) is 0 Å². The third-order valence-corrected chi connectivity index (χ3v) is 3.03. The van der Waals surface area contributed by atoms with Crippen molar-refractivity contribution in [3.8, 4) is 5.75 Å². The molecule has 2 rings (SSSR count). The lowest BCUT2D eigenvalue weighted by Gasteiger charge is -2.15. The second kappa shape index (κ2) is 3.99. The van der Waals surface area contributed by atoms with Crippen molar-refractivity contribution in [3.63, 3.8) is 0 Å². The molecule has 2 heteroatoms. The summed E-state index contributed by atoms with van der Waals surface area (Å²) in [7, 11) is 0. The largest absolute Gasteiger partial charge is 0.508 e. The van der Waals surface area contributed by atoms with Crippen molar-refractivity contribution < 1.29 is 9.50 Å². The molecule has 1 aliphatic rings. The minimum absolute atomic E-state index is 0.194. The number of halogens is 1. The normalized spacial score (nSPS) is 19.8. The molecule has 0 aromatic heterocycles. The molecule has 0 aliphatic heterocycles. The number of rotatable bonds is 2. The molecule has 76 valence electrons. The molecular weight excluding hydrogens is 179 g/mol. The van der Waals surface area contributed by atoms with E-state index in [1.54, 1.807) is 24.3 Å². The summed E-state index contributed by atoms with van der Waals surface area (Å²) >= 11 is 0. The Morgan fingerprint density at radius 1 is 1.14 bits per heavy atom.